The van der Waals surface area contributed by atoms with Crippen LogP contribution in [0.15, 0.2) is 23.3 Å². The van der Waals surface area contributed by atoms with E-state index in [0.29, 0.717) is 18.4 Å². The highest BCUT2D eigenvalue weighted by molar-refractivity contribution is 14.1. The number of aromatic nitrogens is 1. The van der Waals surface area contributed by atoms with E-state index in [1.807, 2.05) is 51.3 Å². The fraction of sp³-hybridized carbons (Fsp3) is 0.222. The Morgan fingerprint density at radius 2 is 2.07 bits per heavy atom. The van der Waals surface area contributed by atoms with Crippen molar-refractivity contribution in [1.29, 1.82) is 5.26 Å². The van der Waals surface area contributed by atoms with Gasteiger partial charge in [-0.2, -0.15) is 10.4 Å². The van der Waals surface area contributed by atoms with Gasteiger partial charge in [0.2, 0.25) is 5.88 Å². The van der Waals surface area contributed by atoms with E-state index < -0.39 is 5.91 Å². The molecule has 0 saturated carbocycles. The third-order valence-corrected chi connectivity index (χ3v) is 5.03. The van der Waals surface area contributed by atoms with Crippen LogP contribution in [0, 0.1) is 25.4 Å². The number of benzene rings is 1. The van der Waals surface area contributed by atoms with Crippen LogP contribution in [-0.4, -0.2) is 35.9 Å². The minimum Gasteiger partial charge on any atom is -0.506 e. The summed E-state index contributed by atoms with van der Waals surface area (Å²) in [6.07, 6.45) is 1.46. The normalized spacial score (nSPS) is 10.7. The van der Waals surface area contributed by atoms with E-state index in [1.165, 1.54) is 13.3 Å². The molecule has 1 aromatic carbocycles. The molecule has 0 saturated heterocycles. The Bertz CT molecular complexity index is 934. The van der Waals surface area contributed by atoms with Gasteiger partial charge in [-0.05, 0) is 75.9 Å². The predicted molar refractivity (Wildman–Crippen MR) is 119 cm³/mol. The van der Waals surface area contributed by atoms with Gasteiger partial charge in [-0.25, -0.2) is 10.4 Å². The summed E-state index contributed by atoms with van der Waals surface area (Å²) in [4.78, 5) is 16.1. The van der Waals surface area contributed by atoms with Crippen molar-refractivity contribution < 1.29 is 19.4 Å². The highest BCUT2D eigenvalue weighted by Crippen LogP contribution is 2.26. The molecule has 28 heavy (non-hydrogen) atoms. The molecule has 2 N–H and O–H groups in total. The van der Waals surface area contributed by atoms with Crippen molar-refractivity contribution in [3.8, 4) is 17.7 Å². The molecule has 146 valence electrons. The molecule has 0 radical (unpaired) electrons. The second-order valence-corrected chi connectivity index (χ2v) is 7.89. The van der Waals surface area contributed by atoms with Crippen molar-refractivity contribution in [3.05, 3.63) is 47.7 Å². The Morgan fingerprint density at radius 1 is 1.39 bits per heavy atom. The molecule has 2 rings (SSSR count). The van der Waals surface area contributed by atoms with Crippen molar-refractivity contribution in [2.75, 3.05) is 13.7 Å². The minimum absolute atomic E-state index is 0.0799. The molecule has 0 fully saturated rings. The standard InChI is InChI=1S/C18H16I2N4O4/c1-10-3-12(8-27-2)13(6-21)18(23-10)28-9-16(25)24-22-7-11-4-14(19)17(26)15(20)5-11/h3-5,7,26H,8-9H2,1-2H3,(H,24,25)/b22-7-. The first-order valence-electron chi connectivity index (χ1n) is 7.88. The number of phenolic OH excluding ortho intramolecular Hbond substituents is 1. The molecule has 0 unspecified atom stereocenters. The van der Waals surface area contributed by atoms with Gasteiger partial charge < -0.3 is 14.6 Å². The number of nitrogens with one attached hydrogen (secondary N) is 1. The molecule has 1 heterocycles. The topological polar surface area (TPSA) is 117 Å². The summed E-state index contributed by atoms with van der Waals surface area (Å²) in [5, 5.41) is 23.0. The van der Waals surface area contributed by atoms with Gasteiger partial charge in [0.25, 0.3) is 5.91 Å². The molecule has 8 nitrogen and oxygen atoms in total. The lowest BCUT2D eigenvalue weighted by atomic mass is 10.1. The summed E-state index contributed by atoms with van der Waals surface area (Å²) in [5.41, 5.74) is 4.60. The van der Waals surface area contributed by atoms with E-state index in [4.69, 9.17) is 9.47 Å². The quantitative estimate of drug-likeness (QED) is 0.285. The van der Waals surface area contributed by atoms with E-state index >= 15 is 0 Å². The fourth-order valence-corrected chi connectivity index (χ4v) is 4.02. The first kappa shape index (κ1) is 22.3. The molecule has 1 aromatic heterocycles. The lowest BCUT2D eigenvalue weighted by Crippen LogP contribution is -2.25. The number of aromatic hydroxyl groups is 1. The molecule has 0 aliphatic carbocycles. The van der Waals surface area contributed by atoms with Gasteiger partial charge in [0.1, 0.15) is 17.4 Å². The van der Waals surface area contributed by atoms with Crippen LogP contribution in [0.1, 0.15) is 22.4 Å². The number of rotatable bonds is 7. The van der Waals surface area contributed by atoms with E-state index in [1.54, 1.807) is 25.1 Å². The molecule has 0 atom stereocenters. The minimum atomic E-state index is -0.500. The zero-order valence-electron chi connectivity index (χ0n) is 15.0. The number of ether oxygens (including phenoxy) is 2. The van der Waals surface area contributed by atoms with Gasteiger partial charge in [-0.15, -0.1) is 0 Å². The van der Waals surface area contributed by atoms with Crippen molar-refractivity contribution in [2.45, 2.75) is 13.5 Å². The number of nitrogens with zero attached hydrogens (tertiary/aromatic N) is 3. The molecule has 1 amide bonds. The number of hydrogen-bond donors (Lipinski definition) is 2. The van der Waals surface area contributed by atoms with Crippen molar-refractivity contribution in [2.24, 2.45) is 5.10 Å². The van der Waals surface area contributed by atoms with Gasteiger partial charge >= 0.3 is 0 Å². The van der Waals surface area contributed by atoms with Gasteiger partial charge in [-0.3, -0.25) is 4.79 Å². The number of carbonyl (C=O) groups excluding carboxylic acids is 1. The van der Waals surface area contributed by atoms with Gasteiger partial charge in [0.05, 0.1) is 20.0 Å². The number of carbonyl (C=O) groups is 1. The highest BCUT2D eigenvalue weighted by Gasteiger charge is 2.14. The summed E-state index contributed by atoms with van der Waals surface area (Å²) in [6, 6.07) is 7.23. The Kier molecular flexibility index (Phi) is 8.39. The molecular formula is C18H16I2N4O4. The molecule has 10 heteroatoms. The second-order valence-electron chi connectivity index (χ2n) is 5.56. The average molecular weight is 606 g/mol. The van der Waals surface area contributed by atoms with Gasteiger partial charge in [0.15, 0.2) is 6.61 Å². The van der Waals surface area contributed by atoms with Crippen LogP contribution in [0.5, 0.6) is 11.6 Å². The number of halogens is 2. The maximum absolute atomic E-state index is 12.0. The summed E-state index contributed by atoms with van der Waals surface area (Å²) in [7, 11) is 1.53. The molecule has 2 aromatic rings. The monoisotopic (exact) mass is 606 g/mol. The first-order valence-corrected chi connectivity index (χ1v) is 10.0. The van der Waals surface area contributed by atoms with Crippen LogP contribution in [0.2, 0.25) is 0 Å². The number of hydrazone groups is 1. The zero-order chi connectivity index (χ0) is 20.7. The maximum Gasteiger partial charge on any atom is 0.278 e. The smallest absolute Gasteiger partial charge is 0.278 e. The summed E-state index contributed by atoms with van der Waals surface area (Å²) in [5.74, 6) is -0.209. The highest BCUT2D eigenvalue weighted by atomic mass is 127. The summed E-state index contributed by atoms with van der Waals surface area (Å²) < 4.78 is 11.8. The second kappa shape index (κ2) is 10.5. The summed E-state index contributed by atoms with van der Waals surface area (Å²) >= 11 is 4.02. The van der Waals surface area contributed by atoms with E-state index in [-0.39, 0.29) is 30.4 Å². The molecular weight excluding hydrogens is 590 g/mol. The van der Waals surface area contributed by atoms with E-state index in [9.17, 15) is 15.2 Å². The van der Waals surface area contributed by atoms with Crippen LogP contribution in [-0.2, 0) is 16.1 Å². The lowest BCUT2D eigenvalue weighted by Gasteiger charge is -2.10. The average Bonchev–Trinajstić information content (AvgIpc) is 2.64. The van der Waals surface area contributed by atoms with Crippen LogP contribution >= 0.6 is 45.2 Å². The molecule has 0 spiro atoms. The van der Waals surface area contributed by atoms with Gasteiger partial charge in [0, 0.05) is 18.4 Å². The van der Waals surface area contributed by atoms with E-state index in [2.05, 4.69) is 15.5 Å². The Morgan fingerprint density at radius 3 is 2.68 bits per heavy atom. The maximum atomic E-state index is 12.0. The van der Waals surface area contributed by atoms with Crippen LogP contribution in [0.25, 0.3) is 0 Å². The third kappa shape index (κ3) is 6.01. The van der Waals surface area contributed by atoms with Gasteiger partial charge in [-0.1, -0.05) is 0 Å². The Hall–Kier alpha value is -1.98. The summed E-state index contributed by atoms with van der Waals surface area (Å²) in [6.45, 7) is 1.65. The van der Waals surface area contributed by atoms with Crippen molar-refractivity contribution in [3.63, 3.8) is 0 Å². The fourth-order valence-electron chi connectivity index (χ4n) is 2.21. The molecule has 0 bridgehead atoms. The van der Waals surface area contributed by atoms with Crippen LogP contribution < -0.4 is 10.2 Å². The number of amides is 1. The van der Waals surface area contributed by atoms with Crippen LogP contribution in [0.4, 0.5) is 0 Å². The van der Waals surface area contributed by atoms with Crippen LogP contribution in [0.3, 0.4) is 0 Å². The molecule has 0 aliphatic rings. The van der Waals surface area contributed by atoms with E-state index in [0.717, 1.165) is 5.56 Å². The third-order valence-electron chi connectivity index (χ3n) is 3.39. The number of pyridine rings is 1. The predicted octanol–water partition coefficient (Wildman–Crippen LogP) is 2.85. The largest absolute Gasteiger partial charge is 0.506 e. The number of aryl methyl sites for hydroxylation is 1. The van der Waals surface area contributed by atoms with Crippen molar-refractivity contribution >= 4 is 57.3 Å². The lowest BCUT2D eigenvalue weighted by molar-refractivity contribution is -0.123. The first-order chi connectivity index (χ1) is 13.3. The number of phenols is 1. The number of nitriles is 1. The SMILES string of the molecule is COCc1cc(C)nc(OCC(=O)N/N=C\c2cc(I)c(O)c(I)c2)c1C#N. The Labute approximate surface area is 189 Å². The number of methoxy groups -OCH3 is 1. The number of hydrogen-bond acceptors (Lipinski definition) is 7. The van der Waals surface area contributed by atoms with Crippen molar-refractivity contribution in [1.82, 2.24) is 10.4 Å². The zero-order valence-corrected chi connectivity index (χ0v) is 19.3. The Balaban J connectivity index is 2.00. The molecule has 0 aliphatic heterocycles.